The first-order valence-corrected chi connectivity index (χ1v) is 9.63. The molecule has 136 valence electrons. The van der Waals surface area contributed by atoms with Crippen LogP contribution in [0.3, 0.4) is 0 Å². The van der Waals surface area contributed by atoms with Crippen LogP contribution >= 0.6 is 11.6 Å². The summed E-state index contributed by atoms with van der Waals surface area (Å²) in [5.74, 6) is 0.690. The number of aromatic amines is 2. The summed E-state index contributed by atoms with van der Waals surface area (Å²) in [7, 11) is 0. The standard InChI is InChI=1S/C21H24ClN3O/c1-14-17-3-2-4-18(22)21(17)24-19(14)13-25-9-7-15(8-10-25)11-16-5-6-20(26)23-12-16/h2-6,12,15,24H,7-11,13H2,1H3,(H,23,26). The van der Waals surface area contributed by atoms with Crippen LogP contribution < -0.4 is 5.56 Å². The highest BCUT2D eigenvalue weighted by atomic mass is 35.5. The highest BCUT2D eigenvalue weighted by molar-refractivity contribution is 6.35. The average molecular weight is 370 g/mol. The second-order valence-electron chi connectivity index (χ2n) is 7.38. The predicted molar refractivity (Wildman–Crippen MR) is 107 cm³/mol. The van der Waals surface area contributed by atoms with E-state index in [1.165, 1.54) is 35.0 Å². The van der Waals surface area contributed by atoms with Crippen molar-refractivity contribution in [1.29, 1.82) is 0 Å². The SMILES string of the molecule is Cc1c(CN2CCC(Cc3ccc(=O)[nH]c3)CC2)[nH]c2c(Cl)cccc12. The Labute approximate surface area is 158 Å². The minimum absolute atomic E-state index is 0.0302. The number of H-pyrrole nitrogens is 2. The van der Waals surface area contributed by atoms with Gasteiger partial charge >= 0.3 is 0 Å². The topological polar surface area (TPSA) is 51.9 Å². The van der Waals surface area contributed by atoms with Crippen LogP contribution in [0.5, 0.6) is 0 Å². The smallest absolute Gasteiger partial charge is 0.247 e. The van der Waals surface area contributed by atoms with E-state index in [9.17, 15) is 4.79 Å². The Morgan fingerprint density at radius 3 is 2.69 bits per heavy atom. The van der Waals surface area contributed by atoms with Gasteiger partial charge in [0.2, 0.25) is 5.56 Å². The molecule has 0 unspecified atom stereocenters. The van der Waals surface area contributed by atoms with Crippen molar-refractivity contribution in [2.75, 3.05) is 13.1 Å². The molecule has 1 saturated heterocycles. The van der Waals surface area contributed by atoms with Gasteiger partial charge in [0.1, 0.15) is 0 Å². The largest absolute Gasteiger partial charge is 0.356 e. The van der Waals surface area contributed by atoms with Crippen molar-refractivity contribution in [2.24, 2.45) is 5.92 Å². The number of halogens is 1. The molecule has 1 aliphatic heterocycles. The van der Waals surface area contributed by atoms with Crippen molar-refractivity contribution in [2.45, 2.75) is 32.7 Å². The van der Waals surface area contributed by atoms with Crippen LogP contribution in [-0.2, 0) is 13.0 Å². The zero-order chi connectivity index (χ0) is 18.1. The van der Waals surface area contributed by atoms with Gasteiger partial charge in [-0.25, -0.2) is 0 Å². The number of para-hydroxylation sites is 1. The number of benzene rings is 1. The number of aromatic nitrogens is 2. The number of aryl methyl sites for hydroxylation is 1. The molecule has 2 aromatic heterocycles. The number of hydrogen-bond donors (Lipinski definition) is 2. The fourth-order valence-electron chi connectivity index (χ4n) is 4.00. The van der Waals surface area contributed by atoms with E-state index >= 15 is 0 Å². The number of nitrogens with one attached hydrogen (secondary N) is 2. The van der Waals surface area contributed by atoms with Crippen molar-refractivity contribution >= 4 is 22.5 Å². The molecule has 1 fully saturated rings. The van der Waals surface area contributed by atoms with Gasteiger partial charge in [-0.2, -0.15) is 0 Å². The predicted octanol–water partition coefficient (Wildman–Crippen LogP) is 4.27. The van der Waals surface area contributed by atoms with Crippen LogP contribution in [0.1, 0.15) is 29.7 Å². The van der Waals surface area contributed by atoms with E-state index in [-0.39, 0.29) is 5.56 Å². The second-order valence-corrected chi connectivity index (χ2v) is 7.78. The number of nitrogens with zero attached hydrogens (tertiary/aromatic N) is 1. The van der Waals surface area contributed by atoms with Crippen LogP contribution in [0, 0.1) is 12.8 Å². The molecule has 1 aromatic carbocycles. The molecule has 0 saturated carbocycles. The third-order valence-electron chi connectivity index (χ3n) is 5.61. The average Bonchev–Trinajstić information content (AvgIpc) is 2.96. The first-order valence-electron chi connectivity index (χ1n) is 9.26. The first kappa shape index (κ1) is 17.4. The monoisotopic (exact) mass is 369 g/mol. The van der Waals surface area contributed by atoms with Crippen LogP contribution in [0.25, 0.3) is 10.9 Å². The lowest BCUT2D eigenvalue weighted by molar-refractivity contribution is 0.175. The Morgan fingerprint density at radius 2 is 2.00 bits per heavy atom. The van der Waals surface area contributed by atoms with Gasteiger partial charge in [-0.3, -0.25) is 9.69 Å². The highest BCUT2D eigenvalue weighted by Gasteiger charge is 2.21. The van der Waals surface area contributed by atoms with Crippen LogP contribution in [0.2, 0.25) is 5.02 Å². The zero-order valence-electron chi connectivity index (χ0n) is 15.0. The maximum absolute atomic E-state index is 11.2. The fourth-order valence-corrected chi connectivity index (χ4v) is 4.23. The molecule has 0 atom stereocenters. The summed E-state index contributed by atoms with van der Waals surface area (Å²) < 4.78 is 0. The molecule has 3 aromatic rings. The van der Waals surface area contributed by atoms with Gasteiger partial charge in [0, 0.05) is 29.9 Å². The summed E-state index contributed by atoms with van der Waals surface area (Å²) in [5.41, 5.74) is 4.82. The molecule has 2 N–H and O–H groups in total. The van der Waals surface area contributed by atoms with E-state index in [0.29, 0.717) is 5.92 Å². The molecule has 26 heavy (non-hydrogen) atoms. The molecule has 0 amide bonds. The summed E-state index contributed by atoms with van der Waals surface area (Å²) in [5, 5.41) is 2.01. The molecule has 1 aliphatic rings. The van der Waals surface area contributed by atoms with Gasteiger partial charge in [0.05, 0.1) is 10.5 Å². The lowest BCUT2D eigenvalue weighted by Gasteiger charge is -2.31. The molecule has 0 spiro atoms. The Balaban J connectivity index is 1.38. The number of fused-ring (bicyclic) bond motifs is 1. The normalized spacial score (nSPS) is 16.4. The van der Waals surface area contributed by atoms with E-state index in [4.69, 9.17) is 11.6 Å². The van der Waals surface area contributed by atoms with Crippen molar-refractivity contribution in [1.82, 2.24) is 14.9 Å². The summed E-state index contributed by atoms with van der Waals surface area (Å²) in [6.07, 6.45) is 5.29. The van der Waals surface area contributed by atoms with Gasteiger partial charge < -0.3 is 9.97 Å². The second kappa shape index (κ2) is 7.29. The van der Waals surface area contributed by atoms with Gasteiger partial charge in [-0.05, 0) is 62.4 Å². The molecule has 5 heteroatoms. The maximum atomic E-state index is 11.2. The number of pyridine rings is 1. The Bertz CT molecular complexity index is 947. The van der Waals surface area contributed by atoms with E-state index in [0.717, 1.165) is 36.6 Å². The van der Waals surface area contributed by atoms with Crippen molar-refractivity contribution in [3.8, 4) is 0 Å². The number of piperidine rings is 1. The first-order chi connectivity index (χ1) is 12.6. The summed E-state index contributed by atoms with van der Waals surface area (Å²) in [6.45, 7) is 5.34. The molecule has 0 bridgehead atoms. The summed E-state index contributed by atoms with van der Waals surface area (Å²) >= 11 is 6.32. The van der Waals surface area contributed by atoms with E-state index < -0.39 is 0 Å². The number of rotatable bonds is 4. The van der Waals surface area contributed by atoms with Crippen LogP contribution in [-0.4, -0.2) is 28.0 Å². The summed E-state index contributed by atoms with van der Waals surface area (Å²) in [4.78, 5) is 20.0. The Hall–Kier alpha value is -2.04. The van der Waals surface area contributed by atoms with Gasteiger partial charge in [0.25, 0.3) is 0 Å². The minimum Gasteiger partial charge on any atom is -0.356 e. The van der Waals surface area contributed by atoms with Crippen LogP contribution in [0.15, 0.2) is 41.3 Å². The molecule has 3 heterocycles. The molecule has 0 radical (unpaired) electrons. The van der Waals surface area contributed by atoms with Crippen molar-refractivity contribution < 1.29 is 0 Å². The van der Waals surface area contributed by atoms with Crippen LogP contribution in [0.4, 0.5) is 0 Å². The molecule has 4 nitrogen and oxygen atoms in total. The number of hydrogen-bond acceptors (Lipinski definition) is 2. The number of likely N-dealkylation sites (tertiary alicyclic amines) is 1. The maximum Gasteiger partial charge on any atom is 0.247 e. The van der Waals surface area contributed by atoms with Crippen molar-refractivity contribution in [3.05, 3.63) is 68.7 Å². The van der Waals surface area contributed by atoms with Gasteiger partial charge in [0.15, 0.2) is 0 Å². The molecule has 4 rings (SSSR count). The van der Waals surface area contributed by atoms with E-state index in [1.807, 2.05) is 24.4 Å². The molecule has 0 aliphatic carbocycles. The van der Waals surface area contributed by atoms with Gasteiger partial charge in [-0.1, -0.05) is 29.8 Å². The molecular weight excluding hydrogens is 346 g/mol. The quantitative estimate of drug-likeness (QED) is 0.721. The minimum atomic E-state index is -0.0302. The highest BCUT2D eigenvalue weighted by Crippen LogP contribution is 2.29. The van der Waals surface area contributed by atoms with E-state index in [2.05, 4.69) is 27.9 Å². The Morgan fingerprint density at radius 1 is 1.19 bits per heavy atom. The third kappa shape index (κ3) is 3.57. The molecular formula is C21H24ClN3O. The lowest BCUT2D eigenvalue weighted by Crippen LogP contribution is -2.34. The summed E-state index contributed by atoms with van der Waals surface area (Å²) in [6, 6.07) is 9.65. The van der Waals surface area contributed by atoms with Gasteiger partial charge in [-0.15, -0.1) is 0 Å². The van der Waals surface area contributed by atoms with E-state index in [1.54, 1.807) is 6.07 Å². The third-order valence-corrected chi connectivity index (χ3v) is 5.92. The van der Waals surface area contributed by atoms with Crippen molar-refractivity contribution in [3.63, 3.8) is 0 Å². The Kier molecular flexibility index (Phi) is 4.88. The lowest BCUT2D eigenvalue weighted by atomic mass is 9.90. The zero-order valence-corrected chi connectivity index (χ0v) is 15.8. The fraction of sp³-hybridized carbons (Fsp3) is 0.381.